The lowest BCUT2D eigenvalue weighted by molar-refractivity contribution is -0.134. The molecule has 26 heavy (non-hydrogen) atoms. The minimum absolute atomic E-state index is 0.259. The molecule has 0 aliphatic heterocycles. The molecular weight excluding hydrogens is 360 g/mol. The van der Waals surface area contributed by atoms with Gasteiger partial charge in [0.05, 0.1) is 0 Å². The average Bonchev–Trinajstić information content (AvgIpc) is 3.12. The molecule has 0 bridgehead atoms. The van der Waals surface area contributed by atoms with Crippen molar-refractivity contribution in [3.8, 4) is 10.4 Å². The van der Waals surface area contributed by atoms with Gasteiger partial charge in [-0.3, -0.25) is 0 Å². The van der Waals surface area contributed by atoms with Gasteiger partial charge < -0.3 is 0 Å². The van der Waals surface area contributed by atoms with Crippen LogP contribution >= 0.6 is 11.3 Å². The maximum atomic E-state index is 14.6. The fourth-order valence-corrected chi connectivity index (χ4v) is 5.41. The zero-order valence-electron chi connectivity index (χ0n) is 14.7. The molecule has 1 aromatic heterocycles. The van der Waals surface area contributed by atoms with Gasteiger partial charge in [-0.15, -0.1) is 11.3 Å². The molecule has 2 saturated carbocycles. The van der Waals surface area contributed by atoms with Crippen LogP contribution in [-0.4, -0.2) is 0 Å². The quantitative estimate of drug-likeness (QED) is 0.482. The number of hydrogen-bond acceptors (Lipinski definition) is 1. The molecule has 2 atom stereocenters. The largest absolute Gasteiger partial charge is 0.425 e. The highest BCUT2D eigenvalue weighted by molar-refractivity contribution is 7.15. The van der Waals surface area contributed by atoms with Crippen molar-refractivity contribution in [2.45, 2.75) is 51.1 Å². The van der Waals surface area contributed by atoms with Gasteiger partial charge in [0.25, 0.3) is 0 Å². The van der Waals surface area contributed by atoms with Gasteiger partial charge in [0.15, 0.2) is 0 Å². The second kappa shape index (κ2) is 6.66. The highest BCUT2D eigenvalue weighted by Crippen LogP contribution is 2.51. The van der Waals surface area contributed by atoms with E-state index in [-0.39, 0.29) is 5.56 Å². The third kappa shape index (κ3) is 3.55. The summed E-state index contributed by atoms with van der Waals surface area (Å²) in [7, 11) is 0. The SMILES string of the molecule is CC1CC1C1CCC(c2ccc(-c3ccc(C(F)(F)F)s3)c(F)c2)CC1. The molecule has 0 amide bonds. The Morgan fingerprint density at radius 3 is 2.23 bits per heavy atom. The first-order chi connectivity index (χ1) is 12.3. The molecule has 0 radical (unpaired) electrons. The predicted octanol–water partition coefficient (Wildman–Crippen LogP) is 7.50. The van der Waals surface area contributed by atoms with E-state index in [1.807, 2.05) is 6.07 Å². The molecule has 2 aliphatic carbocycles. The van der Waals surface area contributed by atoms with Crippen LogP contribution in [0.5, 0.6) is 0 Å². The smallest absolute Gasteiger partial charge is 0.206 e. The third-order valence-corrected chi connectivity index (χ3v) is 7.33. The lowest BCUT2D eigenvalue weighted by Crippen LogP contribution is -2.15. The van der Waals surface area contributed by atoms with Crippen molar-refractivity contribution in [3.05, 3.63) is 46.6 Å². The fraction of sp³-hybridized carbons (Fsp3) is 0.524. The van der Waals surface area contributed by atoms with Gasteiger partial charge in [-0.1, -0.05) is 19.1 Å². The van der Waals surface area contributed by atoms with E-state index in [2.05, 4.69) is 6.92 Å². The summed E-state index contributed by atoms with van der Waals surface area (Å²) in [6, 6.07) is 7.45. The molecule has 0 spiro atoms. The summed E-state index contributed by atoms with van der Waals surface area (Å²) < 4.78 is 52.9. The molecule has 4 rings (SSSR count). The van der Waals surface area contributed by atoms with Crippen LogP contribution in [0.3, 0.4) is 0 Å². The van der Waals surface area contributed by atoms with Crippen molar-refractivity contribution in [2.75, 3.05) is 0 Å². The van der Waals surface area contributed by atoms with Crippen LogP contribution in [0.1, 0.15) is 55.4 Å². The van der Waals surface area contributed by atoms with E-state index in [9.17, 15) is 17.6 Å². The van der Waals surface area contributed by atoms with Crippen LogP contribution in [0.4, 0.5) is 17.6 Å². The van der Waals surface area contributed by atoms with E-state index in [1.165, 1.54) is 31.4 Å². The molecule has 5 heteroatoms. The Bertz CT molecular complexity index is 784. The van der Waals surface area contributed by atoms with Gasteiger partial charge in [0.1, 0.15) is 10.7 Å². The minimum Gasteiger partial charge on any atom is -0.206 e. The molecule has 140 valence electrons. The Balaban J connectivity index is 1.47. The van der Waals surface area contributed by atoms with Crippen LogP contribution in [0, 0.1) is 23.6 Å². The number of halogens is 4. The van der Waals surface area contributed by atoms with Crippen LogP contribution in [0.25, 0.3) is 10.4 Å². The van der Waals surface area contributed by atoms with Gasteiger partial charge in [0, 0.05) is 10.4 Å². The van der Waals surface area contributed by atoms with Crippen molar-refractivity contribution >= 4 is 11.3 Å². The minimum atomic E-state index is -4.38. The Morgan fingerprint density at radius 1 is 1.00 bits per heavy atom. The monoisotopic (exact) mass is 382 g/mol. The standard InChI is InChI=1S/C21H22F4S/c1-12-10-17(12)14-4-2-13(3-5-14)15-6-7-16(18(22)11-15)19-8-9-20(26-19)21(23,24)25/h6-9,11-14,17H,2-5,10H2,1H3. The van der Waals surface area contributed by atoms with E-state index < -0.39 is 16.9 Å². The first-order valence-electron chi connectivity index (χ1n) is 9.30. The summed E-state index contributed by atoms with van der Waals surface area (Å²) in [5, 5.41) is 0. The Hall–Kier alpha value is -1.36. The van der Waals surface area contributed by atoms with Crippen LogP contribution in [0.2, 0.25) is 0 Å². The average molecular weight is 382 g/mol. The third-order valence-electron chi connectivity index (χ3n) is 6.16. The zero-order chi connectivity index (χ0) is 18.5. The van der Waals surface area contributed by atoms with Crippen molar-refractivity contribution in [1.29, 1.82) is 0 Å². The van der Waals surface area contributed by atoms with E-state index in [4.69, 9.17) is 0 Å². The van der Waals surface area contributed by atoms with Crippen molar-refractivity contribution in [3.63, 3.8) is 0 Å². The normalized spacial score (nSPS) is 29.0. The van der Waals surface area contributed by atoms with Crippen LogP contribution in [0.15, 0.2) is 30.3 Å². The van der Waals surface area contributed by atoms with E-state index >= 15 is 0 Å². The molecule has 0 N–H and O–H groups in total. The van der Waals surface area contributed by atoms with E-state index in [1.54, 1.807) is 6.07 Å². The molecule has 1 heterocycles. The Morgan fingerprint density at radius 2 is 1.69 bits per heavy atom. The summed E-state index contributed by atoms with van der Waals surface area (Å²) in [5.41, 5.74) is 1.25. The molecule has 2 aliphatic rings. The van der Waals surface area contributed by atoms with Crippen molar-refractivity contribution in [2.24, 2.45) is 17.8 Å². The number of thiophene rings is 1. The second-order valence-corrected chi connectivity index (χ2v) is 8.97. The Labute approximate surface area is 155 Å². The van der Waals surface area contributed by atoms with Crippen LogP contribution in [-0.2, 0) is 6.18 Å². The molecule has 2 unspecified atom stereocenters. The maximum absolute atomic E-state index is 14.6. The fourth-order valence-electron chi connectivity index (χ4n) is 4.51. The first kappa shape index (κ1) is 18.0. The van der Waals surface area contributed by atoms with E-state index in [0.29, 0.717) is 22.1 Å². The highest BCUT2D eigenvalue weighted by Gasteiger charge is 2.40. The second-order valence-electron chi connectivity index (χ2n) is 7.89. The molecule has 2 fully saturated rings. The zero-order valence-corrected chi connectivity index (χ0v) is 15.5. The predicted molar refractivity (Wildman–Crippen MR) is 96.7 cm³/mol. The van der Waals surface area contributed by atoms with E-state index in [0.717, 1.165) is 42.2 Å². The molecule has 2 aromatic rings. The van der Waals surface area contributed by atoms with Gasteiger partial charge in [-0.25, -0.2) is 4.39 Å². The maximum Gasteiger partial charge on any atom is 0.425 e. The van der Waals surface area contributed by atoms with Crippen molar-refractivity contribution in [1.82, 2.24) is 0 Å². The molecule has 0 nitrogen and oxygen atoms in total. The van der Waals surface area contributed by atoms with Gasteiger partial charge in [0.2, 0.25) is 0 Å². The first-order valence-corrected chi connectivity index (χ1v) is 10.1. The molecule has 0 saturated heterocycles. The van der Waals surface area contributed by atoms with Crippen molar-refractivity contribution < 1.29 is 17.6 Å². The summed E-state index contributed by atoms with van der Waals surface area (Å²) >= 11 is 0.594. The lowest BCUT2D eigenvalue weighted by Gasteiger charge is -2.29. The molecular formula is C21H22F4S. The van der Waals surface area contributed by atoms with Crippen LogP contribution < -0.4 is 0 Å². The summed E-state index contributed by atoms with van der Waals surface area (Å²) in [5.74, 6) is 2.56. The number of rotatable bonds is 3. The highest BCUT2D eigenvalue weighted by atomic mass is 32.1. The number of hydrogen-bond donors (Lipinski definition) is 0. The number of benzene rings is 1. The van der Waals surface area contributed by atoms with Gasteiger partial charge in [-0.2, -0.15) is 13.2 Å². The van der Waals surface area contributed by atoms with Gasteiger partial charge >= 0.3 is 6.18 Å². The molecule has 1 aromatic carbocycles. The topological polar surface area (TPSA) is 0 Å². The Kier molecular flexibility index (Phi) is 4.62. The summed E-state index contributed by atoms with van der Waals surface area (Å²) in [4.78, 5) is -0.364. The lowest BCUT2D eigenvalue weighted by atomic mass is 9.76. The number of alkyl halides is 3. The van der Waals surface area contributed by atoms with Gasteiger partial charge in [-0.05, 0) is 79.5 Å². The summed E-state index contributed by atoms with van der Waals surface area (Å²) in [6.07, 6.45) is 1.58. The summed E-state index contributed by atoms with van der Waals surface area (Å²) in [6.45, 7) is 2.32.